The Balaban J connectivity index is 1.69. The summed E-state index contributed by atoms with van der Waals surface area (Å²) in [5.74, 6) is 0.136. The van der Waals surface area contributed by atoms with Gasteiger partial charge in [-0.05, 0) is 12.8 Å². The van der Waals surface area contributed by atoms with E-state index in [1.807, 2.05) is 35.7 Å². The topological polar surface area (TPSA) is 76.6 Å². The molecule has 146 valence electrons. The Kier molecular flexibility index (Phi) is 6.62. The molecular formula is C19H24N2O4S2. The molecule has 1 aromatic carbocycles. The average Bonchev–Trinajstić information content (AvgIpc) is 3.25. The Labute approximate surface area is 164 Å². The van der Waals surface area contributed by atoms with E-state index < -0.39 is 9.84 Å². The second-order valence-corrected chi connectivity index (χ2v) is 9.76. The SMILES string of the molecule is COCCCN(C(=O)Cc1csc(-c2ccccc2)n1)C1CCS(=O)(=O)C1. The predicted molar refractivity (Wildman–Crippen MR) is 107 cm³/mol. The van der Waals surface area contributed by atoms with Crippen LogP contribution in [-0.2, 0) is 25.8 Å². The molecule has 1 atom stereocenters. The summed E-state index contributed by atoms with van der Waals surface area (Å²) in [6.45, 7) is 1.04. The summed E-state index contributed by atoms with van der Waals surface area (Å²) in [5, 5.41) is 2.78. The van der Waals surface area contributed by atoms with Gasteiger partial charge >= 0.3 is 0 Å². The first-order valence-electron chi connectivity index (χ1n) is 8.97. The molecule has 2 heterocycles. The lowest BCUT2D eigenvalue weighted by Crippen LogP contribution is -2.43. The van der Waals surface area contributed by atoms with Crippen LogP contribution in [0.2, 0.25) is 0 Å². The van der Waals surface area contributed by atoms with Crippen LogP contribution in [0.3, 0.4) is 0 Å². The van der Waals surface area contributed by atoms with Gasteiger partial charge in [0, 0.05) is 37.2 Å². The third kappa shape index (κ3) is 5.37. The Morgan fingerprint density at radius 3 is 2.78 bits per heavy atom. The van der Waals surface area contributed by atoms with Gasteiger partial charge in [0.1, 0.15) is 5.01 Å². The highest BCUT2D eigenvalue weighted by Crippen LogP contribution is 2.24. The first kappa shape index (κ1) is 20.0. The largest absolute Gasteiger partial charge is 0.385 e. The van der Waals surface area contributed by atoms with Crippen LogP contribution in [0.5, 0.6) is 0 Å². The van der Waals surface area contributed by atoms with Crippen LogP contribution in [0.25, 0.3) is 10.6 Å². The van der Waals surface area contributed by atoms with E-state index in [1.165, 1.54) is 11.3 Å². The van der Waals surface area contributed by atoms with Gasteiger partial charge in [0.15, 0.2) is 9.84 Å². The molecule has 0 saturated carbocycles. The third-order valence-electron chi connectivity index (χ3n) is 4.62. The number of rotatable bonds is 8. The van der Waals surface area contributed by atoms with Crippen molar-refractivity contribution in [3.05, 3.63) is 41.4 Å². The van der Waals surface area contributed by atoms with Crippen molar-refractivity contribution in [2.45, 2.75) is 25.3 Å². The number of sulfone groups is 1. The summed E-state index contributed by atoms with van der Waals surface area (Å²) >= 11 is 1.51. The Bertz CT molecular complexity index is 865. The normalized spacial score (nSPS) is 18.5. The number of ether oxygens (including phenoxy) is 1. The fourth-order valence-corrected chi connectivity index (χ4v) is 5.83. The molecule has 0 N–H and O–H groups in total. The number of carbonyl (C=O) groups excluding carboxylic acids is 1. The summed E-state index contributed by atoms with van der Waals surface area (Å²) in [5.41, 5.74) is 1.75. The van der Waals surface area contributed by atoms with Gasteiger partial charge in [-0.3, -0.25) is 4.79 Å². The lowest BCUT2D eigenvalue weighted by Gasteiger charge is -2.28. The zero-order chi connectivity index (χ0) is 19.3. The average molecular weight is 409 g/mol. The Hall–Kier alpha value is -1.77. The van der Waals surface area contributed by atoms with E-state index >= 15 is 0 Å². The number of benzene rings is 1. The zero-order valence-electron chi connectivity index (χ0n) is 15.3. The first-order valence-corrected chi connectivity index (χ1v) is 11.7. The molecule has 1 aliphatic heterocycles. The molecular weight excluding hydrogens is 384 g/mol. The van der Waals surface area contributed by atoms with Crippen LogP contribution in [0, 0.1) is 0 Å². The third-order valence-corrected chi connectivity index (χ3v) is 7.31. The molecule has 0 radical (unpaired) electrons. The molecule has 1 amide bonds. The van der Waals surface area contributed by atoms with Crippen LogP contribution in [0.1, 0.15) is 18.5 Å². The van der Waals surface area contributed by atoms with Gasteiger partial charge in [0.25, 0.3) is 0 Å². The van der Waals surface area contributed by atoms with Crippen molar-refractivity contribution >= 4 is 27.1 Å². The Morgan fingerprint density at radius 2 is 2.11 bits per heavy atom. The molecule has 0 bridgehead atoms. The standard InChI is InChI=1S/C19H24N2O4S2/c1-25-10-5-9-21(17-8-11-27(23,24)14-17)18(22)12-16-13-26-19(20-16)15-6-3-2-4-7-15/h2-4,6-7,13,17H,5,8-12,14H2,1H3. The minimum atomic E-state index is -3.05. The molecule has 8 heteroatoms. The molecule has 2 aromatic rings. The zero-order valence-corrected chi connectivity index (χ0v) is 17.0. The Morgan fingerprint density at radius 1 is 1.33 bits per heavy atom. The fourth-order valence-electron chi connectivity index (χ4n) is 3.27. The molecule has 6 nitrogen and oxygen atoms in total. The second kappa shape index (κ2) is 8.95. The lowest BCUT2D eigenvalue weighted by atomic mass is 10.1. The van der Waals surface area contributed by atoms with E-state index in [0.29, 0.717) is 26.0 Å². The molecule has 0 aliphatic carbocycles. The van der Waals surface area contributed by atoms with E-state index in [2.05, 4.69) is 4.98 Å². The van der Waals surface area contributed by atoms with Gasteiger partial charge in [-0.1, -0.05) is 30.3 Å². The molecule has 27 heavy (non-hydrogen) atoms. The van der Waals surface area contributed by atoms with Crippen LogP contribution in [-0.4, -0.2) is 62.0 Å². The highest BCUT2D eigenvalue weighted by atomic mass is 32.2. The van der Waals surface area contributed by atoms with E-state index in [9.17, 15) is 13.2 Å². The molecule has 1 unspecified atom stereocenters. The maximum atomic E-state index is 12.9. The summed E-state index contributed by atoms with van der Waals surface area (Å²) in [7, 11) is -1.43. The number of aromatic nitrogens is 1. The van der Waals surface area contributed by atoms with E-state index in [4.69, 9.17) is 4.74 Å². The highest BCUT2D eigenvalue weighted by Gasteiger charge is 2.34. The van der Waals surface area contributed by atoms with E-state index in [1.54, 1.807) is 12.0 Å². The van der Waals surface area contributed by atoms with Crippen LogP contribution < -0.4 is 0 Å². The molecule has 1 fully saturated rings. The minimum Gasteiger partial charge on any atom is -0.385 e. The van der Waals surface area contributed by atoms with Crippen molar-refractivity contribution in [2.75, 3.05) is 31.8 Å². The van der Waals surface area contributed by atoms with Crippen LogP contribution in [0.15, 0.2) is 35.7 Å². The molecule has 0 spiro atoms. The smallest absolute Gasteiger partial charge is 0.228 e. The molecule has 3 rings (SSSR count). The number of amides is 1. The monoisotopic (exact) mass is 408 g/mol. The van der Waals surface area contributed by atoms with Crippen molar-refractivity contribution in [3.63, 3.8) is 0 Å². The predicted octanol–water partition coefficient (Wildman–Crippen LogP) is 2.40. The number of hydrogen-bond acceptors (Lipinski definition) is 6. The van der Waals surface area contributed by atoms with Gasteiger partial charge in [0.05, 0.1) is 23.6 Å². The van der Waals surface area contributed by atoms with Crippen molar-refractivity contribution in [2.24, 2.45) is 0 Å². The molecule has 1 aromatic heterocycles. The lowest BCUT2D eigenvalue weighted by molar-refractivity contribution is -0.132. The number of thiazole rings is 1. The van der Waals surface area contributed by atoms with Gasteiger partial charge in [-0.15, -0.1) is 11.3 Å². The van der Waals surface area contributed by atoms with Gasteiger partial charge in [0.2, 0.25) is 5.91 Å². The van der Waals surface area contributed by atoms with Crippen molar-refractivity contribution < 1.29 is 17.9 Å². The summed E-state index contributed by atoms with van der Waals surface area (Å²) in [4.78, 5) is 19.2. The maximum Gasteiger partial charge on any atom is 0.228 e. The molecule has 1 saturated heterocycles. The second-order valence-electron chi connectivity index (χ2n) is 6.68. The van der Waals surface area contributed by atoms with Gasteiger partial charge in [-0.25, -0.2) is 13.4 Å². The number of methoxy groups -OCH3 is 1. The fraction of sp³-hybridized carbons (Fsp3) is 0.474. The highest BCUT2D eigenvalue weighted by molar-refractivity contribution is 7.91. The molecule has 1 aliphatic rings. The summed E-state index contributed by atoms with van der Waals surface area (Å²) in [6, 6.07) is 9.61. The maximum absolute atomic E-state index is 12.9. The number of hydrogen-bond donors (Lipinski definition) is 0. The first-order chi connectivity index (χ1) is 13.0. The number of carbonyl (C=O) groups is 1. The van der Waals surface area contributed by atoms with E-state index in [0.717, 1.165) is 16.3 Å². The van der Waals surface area contributed by atoms with Crippen LogP contribution in [0.4, 0.5) is 0 Å². The number of nitrogens with zero attached hydrogens (tertiary/aromatic N) is 2. The van der Waals surface area contributed by atoms with Gasteiger partial charge < -0.3 is 9.64 Å². The van der Waals surface area contributed by atoms with Crippen molar-refractivity contribution in [1.29, 1.82) is 0 Å². The van der Waals surface area contributed by atoms with Crippen LogP contribution >= 0.6 is 11.3 Å². The van der Waals surface area contributed by atoms with Gasteiger partial charge in [-0.2, -0.15) is 0 Å². The van der Waals surface area contributed by atoms with Crippen molar-refractivity contribution in [3.8, 4) is 10.6 Å². The van der Waals surface area contributed by atoms with E-state index in [-0.39, 0.29) is 29.9 Å². The summed E-state index contributed by atoms with van der Waals surface area (Å²) in [6.07, 6.45) is 1.38. The quantitative estimate of drug-likeness (QED) is 0.627. The summed E-state index contributed by atoms with van der Waals surface area (Å²) < 4.78 is 28.8. The minimum absolute atomic E-state index is 0.0536. The van der Waals surface area contributed by atoms with Crippen molar-refractivity contribution in [1.82, 2.24) is 9.88 Å².